The Morgan fingerprint density at radius 1 is 1.00 bits per heavy atom. The Bertz CT molecular complexity index is 1790. The number of ether oxygens (including phenoxy) is 2. The molecule has 0 aliphatic heterocycles. The number of aromatic amines is 1. The molecule has 8 nitrogen and oxygen atoms in total. The standard InChI is InChI=1S/C31H25ClN2O6/c32-24-14-23-21-10-6-11-22(21)29(35)39-27(23)15-28(24)40-30(36)26(13-19-16-33-25-12-5-4-9-20(19)25)34-31(37)38-17-18-7-2-1-3-8-18/h1-5,7-9,12,14-16,26,33H,6,10-11,13,17H2,(H,34,37)/t26-/m1/s1. The summed E-state index contributed by atoms with van der Waals surface area (Å²) in [6.45, 7) is 0.0430. The third-order valence-electron chi connectivity index (χ3n) is 7.12. The van der Waals surface area contributed by atoms with E-state index >= 15 is 0 Å². The van der Waals surface area contributed by atoms with Crippen LogP contribution in [0.15, 0.2) is 82.1 Å². The highest BCUT2D eigenvalue weighted by atomic mass is 35.5. The molecule has 1 aliphatic carbocycles. The zero-order valence-corrected chi connectivity index (χ0v) is 22.1. The Labute approximate surface area is 233 Å². The molecule has 2 aromatic heterocycles. The molecule has 0 saturated heterocycles. The van der Waals surface area contributed by atoms with Crippen molar-refractivity contribution in [3.05, 3.63) is 111 Å². The number of alkyl carbamates (subject to hydrolysis) is 1. The van der Waals surface area contributed by atoms with Crippen molar-refractivity contribution >= 4 is 45.5 Å². The maximum atomic E-state index is 13.5. The molecule has 0 unspecified atom stereocenters. The number of amides is 1. The van der Waals surface area contributed by atoms with Crippen LogP contribution < -0.4 is 15.7 Å². The van der Waals surface area contributed by atoms with Gasteiger partial charge in [0, 0.05) is 40.5 Å². The van der Waals surface area contributed by atoms with Crippen molar-refractivity contribution in [1.29, 1.82) is 0 Å². The lowest BCUT2D eigenvalue weighted by atomic mass is 10.0. The Morgan fingerprint density at radius 3 is 2.62 bits per heavy atom. The fourth-order valence-electron chi connectivity index (χ4n) is 5.16. The minimum absolute atomic E-state index is 0.0312. The van der Waals surface area contributed by atoms with Gasteiger partial charge in [0.05, 0.1) is 5.02 Å². The van der Waals surface area contributed by atoms with Gasteiger partial charge in [-0.25, -0.2) is 14.4 Å². The monoisotopic (exact) mass is 556 g/mol. The maximum Gasteiger partial charge on any atom is 0.408 e. The summed E-state index contributed by atoms with van der Waals surface area (Å²) in [6.07, 6.45) is 3.46. The number of aryl methyl sites for hydroxylation is 1. The van der Waals surface area contributed by atoms with Crippen molar-refractivity contribution in [2.24, 2.45) is 0 Å². The summed E-state index contributed by atoms with van der Waals surface area (Å²) in [4.78, 5) is 41.8. The molecule has 40 heavy (non-hydrogen) atoms. The highest BCUT2D eigenvalue weighted by molar-refractivity contribution is 6.33. The van der Waals surface area contributed by atoms with E-state index in [1.807, 2.05) is 54.6 Å². The number of carbonyl (C=O) groups excluding carboxylic acids is 2. The average Bonchev–Trinajstić information content (AvgIpc) is 3.62. The van der Waals surface area contributed by atoms with E-state index < -0.39 is 18.1 Å². The first-order chi connectivity index (χ1) is 19.5. The van der Waals surface area contributed by atoms with Gasteiger partial charge in [0.25, 0.3) is 0 Å². The van der Waals surface area contributed by atoms with Crippen LogP contribution in [0.1, 0.15) is 28.7 Å². The Balaban J connectivity index is 1.26. The Morgan fingerprint density at radius 2 is 1.77 bits per heavy atom. The molecule has 9 heteroatoms. The van der Waals surface area contributed by atoms with Crippen LogP contribution >= 0.6 is 11.6 Å². The van der Waals surface area contributed by atoms with Crippen molar-refractivity contribution in [3.63, 3.8) is 0 Å². The van der Waals surface area contributed by atoms with Crippen LogP contribution in [0.2, 0.25) is 5.02 Å². The largest absolute Gasteiger partial charge is 0.445 e. The van der Waals surface area contributed by atoms with E-state index in [9.17, 15) is 14.4 Å². The second-order valence-corrected chi connectivity index (χ2v) is 10.1. The van der Waals surface area contributed by atoms with E-state index in [1.165, 1.54) is 6.07 Å². The predicted molar refractivity (Wildman–Crippen MR) is 151 cm³/mol. The van der Waals surface area contributed by atoms with Crippen LogP contribution in [0.25, 0.3) is 21.9 Å². The fourth-order valence-corrected chi connectivity index (χ4v) is 5.36. The van der Waals surface area contributed by atoms with Gasteiger partial charge in [-0.3, -0.25) is 0 Å². The molecule has 0 fully saturated rings. The molecule has 202 valence electrons. The molecule has 6 rings (SSSR count). The van der Waals surface area contributed by atoms with Crippen molar-refractivity contribution < 1.29 is 23.5 Å². The van der Waals surface area contributed by atoms with Crippen molar-refractivity contribution in [2.75, 3.05) is 0 Å². The lowest BCUT2D eigenvalue weighted by Gasteiger charge is -2.18. The van der Waals surface area contributed by atoms with Gasteiger partial charge in [0.2, 0.25) is 0 Å². The molecule has 0 spiro atoms. The van der Waals surface area contributed by atoms with Crippen LogP contribution in [-0.2, 0) is 35.4 Å². The molecule has 1 amide bonds. The van der Waals surface area contributed by atoms with Gasteiger partial charge in [-0.05, 0) is 48.1 Å². The zero-order valence-electron chi connectivity index (χ0n) is 21.4. The Kier molecular flexibility index (Phi) is 7.00. The number of H-pyrrole nitrogens is 1. The van der Waals surface area contributed by atoms with E-state index in [2.05, 4.69) is 10.3 Å². The van der Waals surface area contributed by atoms with E-state index in [0.29, 0.717) is 17.6 Å². The molecule has 1 atom stereocenters. The molecular weight excluding hydrogens is 532 g/mol. The number of hydrogen-bond donors (Lipinski definition) is 2. The van der Waals surface area contributed by atoms with Gasteiger partial charge in [-0.15, -0.1) is 0 Å². The average molecular weight is 557 g/mol. The van der Waals surface area contributed by atoms with Crippen molar-refractivity contribution in [2.45, 2.75) is 38.3 Å². The zero-order chi connectivity index (χ0) is 27.6. The second kappa shape index (κ2) is 10.9. The molecule has 5 aromatic rings. The number of nitrogens with one attached hydrogen (secondary N) is 2. The SMILES string of the molecule is O=C(N[C@H](Cc1c[nH]c2ccccc12)C(=O)Oc1cc2oc(=O)c3c(c2cc1Cl)CCC3)OCc1ccccc1. The quantitative estimate of drug-likeness (QED) is 0.148. The summed E-state index contributed by atoms with van der Waals surface area (Å²) in [5.41, 5.74) is 4.02. The third kappa shape index (κ3) is 5.18. The van der Waals surface area contributed by atoms with E-state index in [4.69, 9.17) is 25.5 Å². The van der Waals surface area contributed by atoms with Crippen LogP contribution in [0.3, 0.4) is 0 Å². The minimum atomic E-state index is -1.10. The minimum Gasteiger partial charge on any atom is -0.445 e. The van der Waals surface area contributed by atoms with Gasteiger partial charge in [-0.2, -0.15) is 0 Å². The first kappa shape index (κ1) is 25.7. The predicted octanol–water partition coefficient (Wildman–Crippen LogP) is 5.86. The molecule has 2 N–H and O–H groups in total. The smallest absolute Gasteiger partial charge is 0.408 e. The van der Waals surface area contributed by atoms with Crippen LogP contribution in [0.5, 0.6) is 5.75 Å². The summed E-state index contributed by atoms with van der Waals surface area (Å²) in [5.74, 6) is -0.713. The van der Waals surface area contributed by atoms with E-state index in [0.717, 1.165) is 45.8 Å². The maximum absolute atomic E-state index is 13.5. The molecule has 0 radical (unpaired) electrons. The van der Waals surface area contributed by atoms with Crippen LogP contribution in [0.4, 0.5) is 4.79 Å². The number of hydrogen-bond acceptors (Lipinski definition) is 6. The number of esters is 1. The number of para-hydroxylation sites is 1. The van der Waals surface area contributed by atoms with Gasteiger partial charge >= 0.3 is 17.7 Å². The van der Waals surface area contributed by atoms with Crippen LogP contribution in [-0.4, -0.2) is 23.1 Å². The summed E-state index contributed by atoms with van der Waals surface area (Å²) in [7, 11) is 0. The highest BCUT2D eigenvalue weighted by Gasteiger charge is 2.27. The molecule has 0 saturated carbocycles. The highest BCUT2D eigenvalue weighted by Crippen LogP contribution is 2.35. The summed E-state index contributed by atoms with van der Waals surface area (Å²) >= 11 is 6.52. The van der Waals surface area contributed by atoms with Crippen molar-refractivity contribution in [3.8, 4) is 5.75 Å². The number of aromatic nitrogens is 1. The lowest BCUT2D eigenvalue weighted by molar-refractivity contribution is -0.136. The number of benzene rings is 3. The number of carbonyl (C=O) groups is 2. The van der Waals surface area contributed by atoms with Gasteiger partial charge in [0.1, 0.15) is 18.2 Å². The van der Waals surface area contributed by atoms with E-state index in [1.54, 1.807) is 12.3 Å². The molecule has 2 heterocycles. The third-order valence-corrected chi connectivity index (χ3v) is 7.42. The topological polar surface area (TPSA) is 111 Å². The normalized spacial score (nSPS) is 13.2. The fraction of sp³-hybridized carbons (Fsp3) is 0.194. The number of rotatable bonds is 7. The summed E-state index contributed by atoms with van der Waals surface area (Å²) in [6, 6.07) is 18.9. The van der Waals surface area contributed by atoms with Crippen molar-refractivity contribution in [1.82, 2.24) is 10.3 Å². The van der Waals surface area contributed by atoms with E-state index in [-0.39, 0.29) is 29.4 Å². The summed E-state index contributed by atoms with van der Waals surface area (Å²) < 4.78 is 16.6. The van der Waals surface area contributed by atoms with Gasteiger partial charge < -0.3 is 24.2 Å². The number of fused-ring (bicyclic) bond motifs is 4. The first-order valence-corrected chi connectivity index (χ1v) is 13.4. The summed E-state index contributed by atoms with van der Waals surface area (Å²) in [5, 5.41) is 4.49. The van der Waals surface area contributed by atoms with Gasteiger partial charge in [-0.1, -0.05) is 60.1 Å². The van der Waals surface area contributed by atoms with Crippen LogP contribution in [0, 0.1) is 0 Å². The molecule has 0 bridgehead atoms. The molecule has 3 aromatic carbocycles. The molecule has 1 aliphatic rings. The first-order valence-electron chi connectivity index (χ1n) is 13.0. The lowest BCUT2D eigenvalue weighted by Crippen LogP contribution is -2.44. The van der Waals surface area contributed by atoms with Gasteiger partial charge in [0.15, 0.2) is 5.75 Å². The second-order valence-electron chi connectivity index (χ2n) is 9.72. The Hall–Kier alpha value is -4.56. The molecular formula is C31H25ClN2O6. The number of halogens is 1.